The summed E-state index contributed by atoms with van der Waals surface area (Å²) in [5, 5.41) is 6.28. The quantitative estimate of drug-likeness (QED) is 0.282. The predicted molar refractivity (Wildman–Crippen MR) is 102 cm³/mol. The molecule has 122 valence electrons. The number of nitrogens with one attached hydrogen (secondary N) is 2. The van der Waals surface area contributed by atoms with Gasteiger partial charge in [-0.05, 0) is 25.1 Å². The standard InChI is InChI=1S/C17H16ClN5S/c1-11-5-7-12(8-6-11)15-10-24-17(21-15)22-16(23-19)20-14-4-2-3-13(18)9-14/h2-10H,19H2,1H3,(H2,20,21,22,23). The summed E-state index contributed by atoms with van der Waals surface area (Å²) in [4.78, 5) is 8.93. The van der Waals surface area contributed by atoms with Gasteiger partial charge in [0.15, 0.2) is 0 Å². The third-order valence-corrected chi connectivity index (χ3v) is 4.24. The number of guanidine groups is 1. The summed E-state index contributed by atoms with van der Waals surface area (Å²) in [6, 6.07) is 15.5. The van der Waals surface area contributed by atoms with E-state index in [-0.39, 0.29) is 0 Å². The molecule has 0 amide bonds. The molecule has 4 N–H and O–H groups in total. The summed E-state index contributed by atoms with van der Waals surface area (Å²) in [6.45, 7) is 2.06. The summed E-state index contributed by atoms with van der Waals surface area (Å²) in [7, 11) is 0. The lowest BCUT2D eigenvalue weighted by Crippen LogP contribution is -2.35. The van der Waals surface area contributed by atoms with Gasteiger partial charge in [-0.15, -0.1) is 11.3 Å². The van der Waals surface area contributed by atoms with Crippen molar-refractivity contribution in [1.82, 2.24) is 10.4 Å². The molecule has 0 atom stereocenters. The molecule has 0 aliphatic carbocycles. The lowest BCUT2D eigenvalue weighted by Gasteiger charge is -2.08. The number of halogens is 1. The molecule has 0 aliphatic heterocycles. The number of benzene rings is 2. The van der Waals surface area contributed by atoms with Gasteiger partial charge in [0, 0.05) is 21.7 Å². The Hall–Kier alpha value is -2.41. The molecule has 2 aromatic carbocycles. The number of aliphatic imine (C=N–C) groups is 1. The number of rotatable bonds is 3. The van der Waals surface area contributed by atoms with Crippen LogP contribution in [0.5, 0.6) is 0 Å². The topological polar surface area (TPSA) is 75.3 Å². The number of hydrogen-bond acceptors (Lipinski definition) is 4. The van der Waals surface area contributed by atoms with Crippen molar-refractivity contribution in [3.8, 4) is 11.3 Å². The highest BCUT2D eigenvalue weighted by Gasteiger charge is 2.06. The Morgan fingerprint density at radius 3 is 2.71 bits per heavy atom. The number of hydrazine groups is 1. The first-order chi connectivity index (χ1) is 11.6. The van der Waals surface area contributed by atoms with Crippen LogP contribution >= 0.6 is 22.9 Å². The second-order valence-electron chi connectivity index (χ2n) is 5.12. The van der Waals surface area contributed by atoms with Gasteiger partial charge in [-0.25, -0.2) is 10.8 Å². The maximum Gasteiger partial charge on any atom is 0.217 e. The SMILES string of the molecule is Cc1ccc(-c2csc(/N=C(\NN)Nc3cccc(Cl)c3)n2)cc1. The molecule has 0 bridgehead atoms. The van der Waals surface area contributed by atoms with E-state index in [0.717, 1.165) is 16.9 Å². The summed E-state index contributed by atoms with van der Waals surface area (Å²) < 4.78 is 0. The van der Waals surface area contributed by atoms with Crippen molar-refractivity contribution in [1.29, 1.82) is 0 Å². The van der Waals surface area contributed by atoms with Crippen molar-refractivity contribution in [3.05, 3.63) is 64.5 Å². The number of nitrogens with zero attached hydrogens (tertiary/aromatic N) is 2. The van der Waals surface area contributed by atoms with Crippen molar-refractivity contribution >= 4 is 39.7 Å². The van der Waals surface area contributed by atoms with Gasteiger partial charge in [-0.3, -0.25) is 5.43 Å². The van der Waals surface area contributed by atoms with Gasteiger partial charge < -0.3 is 5.32 Å². The number of aryl methyl sites for hydroxylation is 1. The Morgan fingerprint density at radius 1 is 1.21 bits per heavy atom. The lowest BCUT2D eigenvalue weighted by molar-refractivity contribution is 1.02. The van der Waals surface area contributed by atoms with Crippen LogP contribution in [0.15, 0.2) is 58.9 Å². The van der Waals surface area contributed by atoms with Gasteiger partial charge in [0.25, 0.3) is 0 Å². The van der Waals surface area contributed by atoms with Crippen LogP contribution < -0.4 is 16.6 Å². The van der Waals surface area contributed by atoms with E-state index in [1.165, 1.54) is 16.9 Å². The first-order valence-electron chi connectivity index (χ1n) is 7.24. The van der Waals surface area contributed by atoms with Crippen molar-refractivity contribution in [2.24, 2.45) is 10.8 Å². The molecule has 0 aliphatic rings. The average molecular weight is 358 g/mol. The minimum atomic E-state index is 0.391. The second-order valence-corrected chi connectivity index (χ2v) is 6.39. The molecule has 7 heteroatoms. The Bertz CT molecular complexity index is 857. The molecule has 1 heterocycles. The van der Waals surface area contributed by atoms with Crippen LogP contribution in [0.1, 0.15) is 5.56 Å². The van der Waals surface area contributed by atoms with Gasteiger partial charge in [0.05, 0.1) is 5.69 Å². The van der Waals surface area contributed by atoms with Gasteiger partial charge in [-0.2, -0.15) is 4.99 Å². The van der Waals surface area contributed by atoms with Gasteiger partial charge in [-0.1, -0.05) is 47.5 Å². The fourth-order valence-corrected chi connectivity index (χ4v) is 2.96. The summed E-state index contributed by atoms with van der Waals surface area (Å²) in [5.41, 5.74) is 6.48. The predicted octanol–water partition coefficient (Wildman–Crippen LogP) is 4.33. The van der Waals surface area contributed by atoms with Gasteiger partial charge >= 0.3 is 0 Å². The highest BCUT2D eigenvalue weighted by Crippen LogP contribution is 2.27. The van der Waals surface area contributed by atoms with Crippen molar-refractivity contribution < 1.29 is 0 Å². The summed E-state index contributed by atoms with van der Waals surface area (Å²) >= 11 is 7.42. The molecule has 3 aromatic rings. The highest BCUT2D eigenvalue weighted by atomic mass is 35.5. The molecular weight excluding hydrogens is 342 g/mol. The number of hydrogen-bond donors (Lipinski definition) is 3. The highest BCUT2D eigenvalue weighted by molar-refractivity contribution is 7.13. The van der Waals surface area contributed by atoms with Crippen LogP contribution in [0, 0.1) is 6.92 Å². The zero-order chi connectivity index (χ0) is 16.9. The first-order valence-corrected chi connectivity index (χ1v) is 8.50. The maximum atomic E-state index is 5.97. The van der Waals surface area contributed by atoms with E-state index in [1.54, 1.807) is 12.1 Å². The van der Waals surface area contributed by atoms with Crippen LogP contribution in [-0.4, -0.2) is 10.9 Å². The average Bonchev–Trinajstić information content (AvgIpc) is 3.03. The van der Waals surface area contributed by atoms with Gasteiger partial charge in [0.1, 0.15) is 0 Å². The Morgan fingerprint density at radius 2 is 2.00 bits per heavy atom. The van der Waals surface area contributed by atoms with Crippen LogP contribution in [0.25, 0.3) is 11.3 Å². The molecular formula is C17H16ClN5S. The second kappa shape index (κ2) is 7.44. The smallest absolute Gasteiger partial charge is 0.217 e. The van der Waals surface area contributed by atoms with Crippen molar-refractivity contribution in [3.63, 3.8) is 0 Å². The third-order valence-electron chi connectivity index (χ3n) is 3.27. The number of aromatic nitrogens is 1. The van der Waals surface area contributed by atoms with Crippen molar-refractivity contribution in [2.45, 2.75) is 6.92 Å². The molecule has 0 fully saturated rings. The maximum absolute atomic E-state index is 5.97. The molecule has 0 radical (unpaired) electrons. The molecule has 0 saturated carbocycles. The lowest BCUT2D eigenvalue weighted by atomic mass is 10.1. The summed E-state index contributed by atoms with van der Waals surface area (Å²) in [5.74, 6) is 5.93. The normalized spacial score (nSPS) is 11.4. The minimum Gasteiger partial charge on any atom is -0.325 e. The van der Waals surface area contributed by atoms with E-state index in [4.69, 9.17) is 17.4 Å². The van der Waals surface area contributed by atoms with E-state index in [0.29, 0.717) is 16.1 Å². The van der Waals surface area contributed by atoms with Crippen LogP contribution in [0.3, 0.4) is 0 Å². The largest absolute Gasteiger partial charge is 0.325 e. The summed E-state index contributed by atoms with van der Waals surface area (Å²) in [6.07, 6.45) is 0. The molecule has 0 saturated heterocycles. The zero-order valence-electron chi connectivity index (χ0n) is 13.0. The van der Waals surface area contributed by atoms with Crippen LogP contribution in [0.4, 0.5) is 10.8 Å². The van der Waals surface area contributed by atoms with Gasteiger partial charge in [0.2, 0.25) is 11.1 Å². The van der Waals surface area contributed by atoms with E-state index in [2.05, 4.69) is 39.8 Å². The van der Waals surface area contributed by atoms with E-state index in [1.807, 2.05) is 29.6 Å². The third kappa shape index (κ3) is 4.11. The zero-order valence-corrected chi connectivity index (χ0v) is 14.5. The first kappa shape index (κ1) is 16.4. The monoisotopic (exact) mass is 357 g/mol. The van der Waals surface area contributed by atoms with E-state index in [9.17, 15) is 0 Å². The van der Waals surface area contributed by atoms with E-state index < -0.39 is 0 Å². The number of anilines is 1. The number of thiazole rings is 1. The minimum absolute atomic E-state index is 0.391. The molecule has 1 aromatic heterocycles. The molecule has 0 unspecified atom stereocenters. The van der Waals surface area contributed by atoms with Crippen LogP contribution in [0.2, 0.25) is 5.02 Å². The Balaban J connectivity index is 1.80. The van der Waals surface area contributed by atoms with Crippen LogP contribution in [-0.2, 0) is 0 Å². The fourth-order valence-electron chi connectivity index (χ4n) is 2.07. The van der Waals surface area contributed by atoms with E-state index >= 15 is 0 Å². The Labute approximate surface area is 149 Å². The molecule has 0 spiro atoms. The molecule has 5 nitrogen and oxygen atoms in total. The number of nitrogens with two attached hydrogens (primary N) is 1. The molecule has 3 rings (SSSR count). The van der Waals surface area contributed by atoms with Crippen molar-refractivity contribution in [2.75, 3.05) is 5.32 Å². The Kier molecular flexibility index (Phi) is 5.10. The fraction of sp³-hybridized carbons (Fsp3) is 0.0588. The molecule has 24 heavy (non-hydrogen) atoms.